The minimum Gasteiger partial charge on any atom is -0.423 e. The summed E-state index contributed by atoms with van der Waals surface area (Å²) in [7, 11) is -0.857. The fourth-order valence-electron chi connectivity index (χ4n) is 3.33. The van der Waals surface area contributed by atoms with Crippen LogP contribution in [0.4, 0.5) is 5.69 Å². The monoisotopic (exact) mass is 332 g/mol. The second-order valence-electron chi connectivity index (χ2n) is 6.31. The molecular formula is C19H17BN2O3. The third-order valence-electron chi connectivity index (χ3n) is 4.46. The molecule has 1 amide bonds. The molecule has 124 valence electrons. The zero-order valence-corrected chi connectivity index (χ0v) is 13.8. The average Bonchev–Trinajstić information content (AvgIpc) is 2.96. The minimum absolute atomic E-state index is 0.0766. The predicted molar refractivity (Wildman–Crippen MR) is 97.7 cm³/mol. The van der Waals surface area contributed by atoms with Crippen molar-refractivity contribution in [3.8, 4) is 0 Å². The van der Waals surface area contributed by atoms with Crippen LogP contribution in [0.3, 0.4) is 0 Å². The maximum atomic E-state index is 12.4. The normalized spacial score (nSPS) is 13.1. The van der Waals surface area contributed by atoms with E-state index in [4.69, 9.17) is 4.65 Å². The largest absolute Gasteiger partial charge is 0.492 e. The third kappa shape index (κ3) is 3.14. The number of benzene rings is 2. The summed E-state index contributed by atoms with van der Waals surface area (Å²) in [5.41, 5.74) is 4.40. The van der Waals surface area contributed by atoms with Crippen molar-refractivity contribution in [2.45, 2.75) is 20.0 Å². The summed E-state index contributed by atoms with van der Waals surface area (Å²) in [5, 5.41) is 14.8. The summed E-state index contributed by atoms with van der Waals surface area (Å²) >= 11 is 0. The van der Waals surface area contributed by atoms with Gasteiger partial charge in [-0.2, -0.15) is 0 Å². The molecule has 0 saturated heterocycles. The zero-order valence-electron chi connectivity index (χ0n) is 13.8. The lowest BCUT2D eigenvalue weighted by atomic mass is 9.76. The van der Waals surface area contributed by atoms with E-state index in [-0.39, 0.29) is 12.3 Å². The Morgan fingerprint density at radius 1 is 1.28 bits per heavy atom. The lowest BCUT2D eigenvalue weighted by molar-refractivity contribution is -0.115. The maximum absolute atomic E-state index is 12.4. The number of anilines is 1. The fourth-order valence-corrected chi connectivity index (χ4v) is 3.33. The molecule has 6 heteroatoms. The molecule has 1 aliphatic rings. The van der Waals surface area contributed by atoms with Crippen LogP contribution in [0.25, 0.3) is 10.8 Å². The van der Waals surface area contributed by atoms with Crippen LogP contribution in [-0.2, 0) is 22.5 Å². The highest BCUT2D eigenvalue weighted by Gasteiger charge is 2.29. The molecular weight excluding hydrogens is 315 g/mol. The molecule has 5 nitrogen and oxygen atoms in total. The van der Waals surface area contributed by atoms with Gasteiger partial charge in [-0.3, -0.25) is 9.78 Å². The van der Waals surface area contributed by atoms with Crippen LogP contribution in [0.15, 0.2) is 48.8 Å². The van der Waals surface area contributed by atoms with E-state index in [0.717, 1.165) is 38.6 Å². The quantitative estimate of drug-likeness (QED) is 0.719. The predicted octanol–water partition coefficient (Wildman–Crippen LogP) is 1.94. The van der Waals surface area contributed by atoms with Gasteiger partial charge < -0.3 is 15.0 Å². The highest BCUT2D eigenvalue weighted by molar-refractivity contribution is 6.62. The number of carbonyl (C=O) groups excluding carboxylic acids is 1. The van der Waals surface area contributed by atoms with Crippen molar-refractivity contribution in [1.29, 1.82) is 0 Å². The van der Waals surface area contributed by atoms with Gasteiger partial charge in [0.1, 0.15) is 0 Å². The summed E-state index contributed by atoms with van der Waals surface area (Å²) in [6, 6.07) is 11.5. The first-order chi connectivity index (χ1) is 12.1. The van der Waals surface area contributed by atoms with E-state index < -0.39 is 7.12 Å². The van der Waals surface area contributed by atoms with Gasteiger partial charge in [0.15, 0.2) is 0 Å². The van der Waals surface area contributed by atoms with Gasteiger partial charge in [0.25, 0.3) is 0 Å². The molecule has 0 bridgehead atoms. The summed E-state index contributed by atoms with van der Waals surface area (Å²) in [6.07, 6.45) is 3.81. The molecule has 0 aliphatic carbocycles. The molecule has 0 radical (unpaired) electrons. The Balaban J connectivity index is 1.51. The fraction of sp³-hybridized carbons (Fsp3) is 0.158. The van der Waals surface area contributed by atoms with Gasteiger partial charge in [-0.05, 0) is 47.1 Å². The molecule has 1 aliphatic heterocycles. The van der Waals surface area contributed by atoms with Crippen molar-refractivity contribution in [1.82, 2.24) is 4.98 Å². The zero-order chi connectivity index (χ0) is 17.4. The molecule has 1 aromatic heterocycles. The van der Waals surface area contributed by atoms with E-state index in [1.54, 1.807) is 12.4 Å². The van der Waals surface area contributed by atoms with E-state index in [1.807, 2.05) is 43.3 Å². The molecule has 0 saturated carbocycles. The van der Waals surface area contributed by atoms with E-state index in [1.165, 1.54) is 0 Å². The highest BCUT2D eigenvalue weighted by Crippen LogP contribution is 2.19. The molecule has 2 N–H and O–H groups in total. The molecule has 0 unspecified atom stereocenters. The minimum atomic E-state index is -0.857. The number of aryl methyl sites for hydroxylation is 1. The summed E-state index contributed by atoms with van der Waals surface area (Å²) < 4.78 is 5.25. The van der Waals surface area contributed by atoms with Gasteiger partial charge in [-0.25, -0.2) is 0 Å². The van der Waals surface area contributed by atoms with Crippen LogP contribution in [0, 0.1) is 6.92 Å². The van der Waals surface area contributed by atoms with Gasteiger partial charge in [-0.1, -0.05) is 23.8 Å². The van der Waals surface area contributed by atoms with Crippen LogP contribution in [0.1, 0.15) is 16.7 Å². The molecule has 0 spiro atoms. The van der Waals surface area contributed by atoms with Gasteiger partial charge >= 0.3 is 7.12 Å². The van der Waals surface area contributed by atoms with Gasteiger partial charge in [0.05, 0.1) is 13.0 Å². The molecule has 3 aromatic rings. The number of rotatable bonds is 3. The van der Waals surface area contributed by atoms with Crippen molar-refractivity contribution in [3.63, 3.8) is 0 Å². The van der Waals surface area contributed by atoms with Gasteiger partial charge in [-0.15, -0.1) is 0 Å². The van der Waals surface area contributed by atoms with Crippen molar-refractivity contribution in [2.24, 2.45) is 0 Å². The first-order valence-electron chi connectivity index (χ1n) is 8.16. The molecule has 4 rings (SSSR count). The number of amides is 1. The van der Waals surface area contributed by atoms with Crippen LogP contribution >= 0.6 is 0 Å². The second kappa shape index (κ2) is 6.31. The van der Waals surface area contributed by atoms with Crippen molar-refractivity contribution >= 4 is 34.9 Å². The number of nitrogens with zero attached hydrogens (tertiary/aromatic N) is 1. The smallest absolute Gasteiger partial charge is 0.423 e. The number of aromatic nitrogens is 1. The van der Waals surface area contributed by atoms with Crippen molar-refractivity contribution < 1.29 is 14.5 Å². The Labute approximate surface area is 145 Å². The number of fused-ring (bicyclic) bond motifs is 2. The third-order valence-corrected chi connectivity index (χ3v) is 4.46. The molecule has 0 fully saturated rings. The Morgan fingerprint density at radius 3 is 3.04 bits per heavy atom. The molecule has 25 heavy (non-hydrogen) atoms. The Kier molecular flexibility index (Phi) is 3.99. The van der Waals surface area contributed by atoms with E-state index in [9.17, 15) is 9.82 Å². The van der Waals surface area contributed by atoms with Crippen LogP contribution in [-0.4, -0.2) is 23.0 Å². The first-order valence-corrected chi connectivity index (χ1v) is 8.16. The van der Waals surface area contributed by atoms with Gasteiger partial charge in [0, 0.05) is 23.5 Å². The van der Waals surface area contributed by atoms with Crippen molar-refractivity contribution in [3.05, 3.63) is 65.5 Å². The summed E-state index contributed by atoms with van der Waals surface area (Å²) in [4.78, 5) is 16.5. The number of carbonyl (C=O) groups is 1. The lowest BCUT2D eigenvalue weighted by Gasteiger charge is -2.10. The Morgan fingerprint density at radius 2 is 2.16 bits per heavy atom. The summed E-state index contributed by atoms with van der Waals surface area (Å²) in [5.74, 6) is -0.0766. The number of pyridine rings is 1. The van der Waals surface area contributed by atoms with E-state index >= 15 is 0 Å². The van der Waals surface area contributed by atoms with Crippen LogP contribution in [0.5, 0.6) is 0 Å². The number of hydrogen-bond acceptors (Lipinski definition) is 4. The topological polar surface area (TPSA) is 71.5 Å². The van der Waals surface area contributed by atoms with E-state index in [0.29, 0.717) is 6.61 Å². The number of hydrogen-bond donors (Lipinski definition) is 2. The second-order valence-corrected chi connectivity index (χ2v) is 6.31. The average molecular weight is 332 g/mol. The maximum Gasteiger partial charge on any atom is 0.492 e. The Bertz CT molecular complexity index is 974. The SMILES string of the molecule is Cc1cc(CC(=O)Nc2ccc3cnccc3c2)cc2c1B(O)OC2. The summed E-state index contributed by atoms with van der Waals surface area (Å²) in [6.45, 7) is 2.31. The first kappa shape index (κ1) is 15.8. The number of nitrogens with one attached hydrogen (secondary N) is 1. The van der Waals surface area contributed by atoms with Gasteiger partial charge in [0.2, 0.25) is 5.91 Å². The standard InChI is InChI=1S/C19H17BN2O3/c1-12-6-13(7-16-11-25-20(24)19(12)16)8-18(23)22-17-3-2-15-10-21-5-4-14(15)9-17/h2-7,9-10,24H,8,11H2,1H3,(H,22,23). The Hall–Kier alpha value is -2.70. The van der Waals surface area contributed by atoms with Crippen LogP contribution < -0.4 is 10.8 Å². The molecule has 2 aromatic carbocycles. The van der Waals surface area contributed by atoms with E-state index in [2.05, 4.69) is 10.3 Å². The highest BCUT2D eigenvalue weighted by atomic mass is 16.5. The molecule has 0 atom stereocenters. The van der Waals surface area contributed by atoms with Crippen LogP contribution in [0.2, 0.25) is 0 Å². The van der Waals surface area contributed by atoms with Crippen molar-refractivity contribution in [2.75, 3.05) is 5.32 Å². The lowest BCUT2D eigenvalue weighted by Crippen LogP contribution is -2.30. The molecule has 2 heterocycles.